The Morgan fingerprint density at radius 1 is 1.40 bits per heavy atom. The number of carboxylic acids is 1. The first-order valence-corrected chi connectivity index (χ1v) is 7.16. The Bertz CT molecular complexity index is 314. The van der Waals surface area contributed by atoms with E-state index in [9.17, 15) is 13.2 Å². The first-order valence-electron chi connectivity index (χ1n) is 5.34. The fourth-order valence-corrected chi connectivity index (χ4v) is 4.15. The molecule has 0 radical (unpaired) electrons. The molecule has 1 aliphatic carbocycles. The third-order valence-electron chi connectivity index (χ3n) is 2.89. The Kier molecular flexibility index (Phi) is 4.13. The topological polar surface area (TPSA) is 71.4 Å². The molecule has 0 heterocycles. The average Bonchev–Trinajstić information content (AvgIpc) is 2.54. The van der Waals surface area contributed by atoms with E-state index in [2.05, 4.69) is 0 Å². The second kappa shape index (κ2) is 4.96. The van der Waals surface area contributed by atoms with Gasteiger partial charge in [0.1, 0.15) is 0 Å². The molecular weight excluding hydrogens is 216 g/mol. The zero-order valence-electron chi connectivity index (χ0n) is 8.98. The maximum Gasteiger partial charge on any atom is 0.307 e. The summed E-state index contributed by atoms with van der Waals surface area (Å²) in [6.45, 7) is 1.44. The highest BCUT2D eigenvalue weighted by Crippen LogP contribution is 2.26. The molecule has 5 heteroatoms. The molecule has 1 aliphatic rings. The van der Waals surface area contributed by atoms with Crippen molar-refractivity contribution in [1.29, 1.82) is 0 Å². The second-order valence-corrected chi connectivity index (χ2v) is 6.62. The largest absolute Gasteiger partial charge is 0.481 e. The Morgan fingerprint density at radius 2 is 1.93 bits per heavy atom. The first-order chi connectivity index (χ1) is 6.91. The summed E-state index contributed by atoms with van der Waals surface area (Å²) in [6, 6.07) is 0. The minimum atomic E-state index is -3.19. The molecule has 0 saturated heterocycles. The predicted molar refractivity (Wildman–Crippen MR) is 57.4 cm³/mol. The van der Waals surface area contributed by atoms with Crippen molar-refractivity contribution in [3.8, 4) is 0 Å². The van der Waals surface area contributed by atoms with Crippen LogP contribution in [-0.4, -0.2) is 31.0 Å². The molecule has 1 rings (SSSR count). The van der Waals surface area contributed by atoms with Crippen LogP contribution in [0.25, 0.3) is 0 Å². The van der Waals surface area contributed by atoms with Gasteiger partial charge in [-0.05, 0) is 18.8 Å². The molecule has 0 aliphatic heterocycles. The van der Waals surface area contributed by atoms with E-state index in [4.69, 9.17) is 5.11 Å². The summed E-state index contributed by atoms with van der Waals surface area (Å²) in [7, 11) is -3.19. The highest BCUT2D eigenvalue weighted by molar-refractivity contribution is 7.91. The van der Waals surface area contributed by atoms with Gasteiger partial charge in [0.15, 0.2) is 9.84 Å². The van der Waals surface area contributed by atoms with Gasteiger partial charge in [-0.25, -0.2) is 8.42 Å². The lowest BCUT2D eigenvalue weighted by molar-refractivity contribution is -0.140. The Morgan fingerprint density at radius 3 is 2.40 bits per heavy atom. The van der Waals surface area contributed by atoms with Gasteiger partial charge in [-0.3, -0.25) is 4.79 Å². The predicted octanol–water partition coefficient (Wildman–Crippen LogP) is 1.31. The van der Waals surface area contributed by atoms with E-state index >= 15 is 0 Å². The summed E-state index contributed by atoms with van der Waals surface area (Å²) in [5, 5.41) is 8.64. The van der Waals surface area contributed by atoms with E-state index < -0.39 is 21.7 Å². The molecular formula is C10H18O4S. The van der Waals surface area contributed by atoms with Crippen LogP contribution in [0.2, 0.25) is 0 Å². The van der Waals surface area contributed by atoms with Gasteiger partial charge in [0.05, 0.1) is 17.4 Å². The number of carboxylic acid groups (broad SMARTS) is 1. The van der Waals surface area contributed by atoms with Gasteiger partial charge >= 0.3 is 5.97 Å². The Balaban J connectivity index is 2.47. The lowest BCUT2D eigenvalue weighted by atomic mass is 10.1. The normalized spacial score (nSPS) is 20.3. The van der Waals surface area contributed by atoms with Crippen molar-refractivity contribution in [2.24, 2.45) is 11.8 Å². The van der Waals surface area contributed by atoms with Crippen LogP contribution in [0.15, 0.2) is 0 Å². The summed E-state index contributed by atoms with van der Waals surface area (Å²) in [5.41, 5.74) is 0. The maximum absolute atomic E-state index is 11.6. The molecule has 0 amide bonds. The van der Waals surface area contributed by atoms with Crippen LogP contribution >= 0.6 is 0 Å². The van der Waals surface area contributed by atoms with Crippen LogP contribution in [0.4, 0.5) is 0 Å². The van der Waals surface area contributed by atoms with Gasteiger partial charge in [0, 0.05) is 0 Å². The molecule has 0 aromatic heterocycles. The molecule has 1 saturated carbocycles. The van der Waals surface area contributed by atoms with Crippen LogP contribution in [0.1, 0.15) is 32.6 Å². The number of rotatable bonds is 5. The minimum Gasteiger partial charge on any atom is -0.481 e. The molecule has 0 bridgehead atoms. The van der Waals surface area contributed by atoms with Crippen molar-refractivity contribution in [3.05, 3.63) is 0 Å². The van der Waals surface area contributed by atoms with Gasteiger partial charge < -0.3 is 5.11 Å². The molecule has 4 nitrogen and oxygen atoms in total. The second-order valence-electron chi connectivity index (χ2n) is 4.47. The first kappa shape index (κ1) is 12.5. The average molecular weight is 234 g/mol. The molecule has 15 heavy (non-hydrogen) atoms. The van der Waals surface area contributed by atoms with Crippen LogP contribution in [-0.2, 0) is 14.6 Å². The van der Waals surface area contributed by atoms with E-state index in [1.165, 1.54) is 6.92 Å². The van der Waals surface area contributed by atoms with Crippen LogP contribution in [0.3, 0.4) is 0 Å². The van der Waals surface area contributed by atoms with Crippen molar-refractivity contribution in [1.82, 2.24) is 0 Å². The number of carbonyl (C=O) groups is 1. The van der Waals surface area contributed by atoms with Gasteiger partial charge in [-0.15, -0.1) is 0 Å². The Hall–Kier alpha value is -0.580. The van der Waals surface area contributed by atoms with Crippen molar-refractivity contribution in [2.45, 2.75) is 32.6 Å². The summed E-state index contributed by atoms with van der Waals surface area (Å²) in [5.74, 6) is -1.62. The maximum atomic E-state index is 11.6. The molecule has 1 unspecified atom stereocenters. The molecule has 0 aromatic rings. The zero-order valence-corrected chi connectivity index (χ0v) is 9.79. The Labute approximate surface area is 90.6 Å². The third kappa shape index (κ3) is 4.20. The third-order valence-corrected chi connectivity index (χ3v) is 4.88. The number of sulfone groups is 1. The van der Waals surface area contributed by atoms with Gasteiger partial charge in [0.25, 0.3) is 0 Å². The van der Waals surface area contributed by atoms with Crippen LogP contribution < -0.4 is 0 Å². The summed E-state index contributed by atoms with van der Waals surface area (Å²) in [6.07, 6.45) is 4.16. The lowest BCUT2D eigenvalue weighted by Crippen LogP contribution is -2.25. The van der Waals surface area contributed by atoms with Crippen LogP contribution in [0.5, 0.6) is 0 Å². The molecule has 1 N–H and O–H groups in total. The van der Waals surface area contributed by atoms with E-state index in [0.717, 1.165) is 25.7 Å². The highest BCUT2D eigenvalue weighted by Gasteiger charge is 2.26. The quantitative estimate of drug-likeness (QED) is 0.778. The summed E-state index contributed by atoms with van der Waals surface area (Å²) < 4.78 is 23.3. The number of hydrogen-bond acceptors (Lipinski definition) is 3. The molecule has 0 spiro atoms. The highest BCUT2D eigenvalue weighted by atomic mass is 32.2. The monoisotopic (exact) mass is 234 g/mol. The van der Waals surface area contributed by atoms with Gasteiger partial charge in [0.2, 0.25) is 0 Å². The standard InChI is InChI=1S/C10H18O4S/c1-8(10(11)12)6-15(13,14)7-9-4-2-3-5-9/h8-9H,2-7H2,1H3,(H,11,12). The number of aliphatic carboxylic acids is 1. The molecule has 0 aromatic carbocycles. The van der Waals surface area contributed by atoms with E-state index in [0.29, 0.717) is 0 Å². The smallest absolute Gasteiger partial charge is 0.307 e. The van der Waals surface area contributed by atoms with E-state index in [1.807, 2.05) is 0 Å². The molecule has 88 valence electrons. The lowest BCUT2D eigenvalue weighted by Gasteiger charge is -2.11. The van der Waals surface area contributed by atoms with Gasteiger partial charge in [-0.2, -0.15) is 0 Å². The molecule has 1 fully saturated rings. The number of hydrogen-bond donors (Lipinski definition) is 1. The molecule has 1 atom stereocenters. The van der Waals surface area contributed by atoms with Crippen LogP contribution in [0, 0.1) is 11.8 Å². The summed E-state index contributed by atoms with van der Waals surface area (Å²) >= 11 is 0. The van der Waals surface area contributed by atoms with E-state index in [1.54, 1.807) is 0 Å². The van der Waals surface area contributed by atoms with Gasteiger partial charge in [-0.1, -0.05) is 19.8 Å². The van der Waals surface area contributed by atoms with Crippen molar-refractivity contribution in [3.63, 3.8) is 0 Å². The van der Waals surface area contributed by atoms with Crippen molar-refractivity contribution in [2.75, 3.05) is 11.5 Å². The zero-order chi connectivity index (χ0) is 11.5. The van der Waals surface area contributed by atoms with Crippen molar-refractivity contribution >= 4 is 15.8 Å². The van der Waals surface area contributed by atoms with E-state index in [-0.39, 0.29) is 17.4 Å². The fourth-order valence-electron chi connectivity index (χ4n) is 2.06. The minimum absolute atomic E-state index is 0.171. The fraction of sp³-hybridized carbons (Fsp3) is 0.900. The summed E-state index contributed by atoms with van der Waals surface area (Å²) in [4.78, 5) is 10.5. The van der Waals surface area contributed by atoms with Crippen molar-refractivity contribution < 1.29 is 18.3 Å². The SMILES string of the molecule is CC(CS(=O)(=O)CC1CCCC1)C(=O)O.